The molecular formula is C14H16N4O4. The van der Waals surface area contributed by atoms with Crippen LogP contribution in [0.15, 0.2) is 44.7 Å². The highest BCUT2D eigenvalue weighted by Gasteiger charge is 2.22. The maximum absolute atomic E-state index is 12.5. The lowest BCUT2D eigenvalue weighted by Crippen LogP contribution is -2.55. The Hall–Kier alpha value is -2.90. The third-order valence-electron chi connectivity index (χ3n) is 3.39. The van der Waals surface area contributed by atoms with Gasteiger partial charge in [-0.1, -0.05) is 18.2 Å². The van der Waals surface area contributed by atoms with Crippen LogP contribution in [0.5, 0.6) is 0 Å². The second-order valence-corrected chi connectivity index (χ2v) is 4.71. The molecule has 1 amide bonds. The van der Waals surface area contributed by atoms with Gasteiger partial charge in [0.2, 0.25) is 5.91 Å². The zero-order valence-corrected chi connectivity index (χ0v) is 12.2. The van der Waals surface area contributed by atoms with E-state index in [2.05, 4.69) is 0 Å². The number of carbonyl (C=O) groups is 1. The minimum Gasteiger partial charge on any atom is -0.368 e. The van der Waals surface area contributed by atoms with Gasteiger partial charge in [-0.3, -0.25) is 4.79 Å². The fourth-order valence-electron chi connectivity index (χ4n) is 2.13. The average molecular weight is 304 g/mol. The van der Waals surface area contributed by atoms with E-state index in [1.54, 1.807) is 37.3 Å². The summed E-state index contributed by atoms with van der Waals surface area (Å²) >= 11 is 0. The van der Waals surface area contributed by atoms with Crippen molar-refractivity contribution >= 4 is 5.91 Å². The van der Waals surface area contributed by atoms with E-state index in [9.17, 15) is 19.2 Å². The molecule has 1 atom stereocenters. The molecule has 116 valence electrons. The minimum absolute atomic E-state index is 0.0657. The highest BCUT2D eigenvalue weighted by Crippen LogP contribution is 2.02. The number of primary amides is 1. The minimum atomic E-state index is -1.16. The summed E-state index contributed by atoms with van der Waals surface area (Å²) in [5.41, 5.74) is 3.00. The van der Waals surface area contributed by atoms with Crippen molar-refractivity contribution in [2.75, 3.05) is 0 Å². The Balaban J connectivity index is 2.95. The monoisotopic (exact) mass is 304 g/mol. The van der Waals surface area contributed by atoms with Gasteiger partial charge in [0, 0.05) is 6.54 Å². The molecule has 22 heavy (non-hydrogen) atoms. The van der Waals surface area contributed by atoms with Gasteiger partial charge in [-0.15, -0.1) is 0 Å². The molecule has 0 aliphatic carbocycles. The molecule has 0 spiro atoms. The predicted molar refractivity (Wildman–Crippen MR) is 80.1 cm³/mol. The summed E-state index contributed by atoms with van der Waals surface area (Å²) in [6.45, 7) is 3.00. The third kappa shape index (κ3) is 2.39. The number of aromatic nitrogens is 3. The van der Waals surface area contributed by atoms with Crippen molar-refractivity contribution in [2.45, 2.75) is 26.4 Å². The van der Waals surface area contributed by atoms with Gasteiger partial charge in [-0.25, -0.2) is 28.1 Å². The Morgan fingerprint density at radius 3 is 2.18 bits per heavy atom. The quantitative estimate of drug-likeness (QED) is 0.799. The van der Waals surface area contributed by atoms with Gasteiger partial charge in [0.05, 0.1) is 5.69 Å². The van der Waals surface area contributed by atoms with Crippen molar-refractivity contribution in [1.29, 1.82) is 0 Å². The molecule has 1 aromatic carbocycles. The van der Waals surface area contributed by atoms with E-state index in [1.807, 2.05) is 0 Å². The van der Waals surface area contributed by atoms with Crippen LogP contribution < -0.4 is 22.8 Å². The number of hydrogen-bond acceptors (Lipinski definition) is 4. The first kappa shape index (κ1) is 15.5. The van der Waals surface area contributed by atoms with E-state index in [1.165, 1.54) is 6.92 Å². The lowest BCUT2D eigenvalue weighted by molar-refractivity contribution is -0.120. The molecule has 0 saturated carbocycles. The van der Waals surface area contributed by atoms with E-state index in [0.29, 0.717) is 10.3 Å². The molecule has 0 aliphatic heterocycles. The highest BCUT2D eigenvalue weighted by atomic mass is 16.2. The van der Waals surface area contributed by atoms with Crippen molar-refractivity contribution in [3.05, 3.63) is 61.8 Å². The van der Waals surface area contributed by atoms with Gasteiger partial charge in [-0.2, -0.15) is 0 Å². The molecule has 8 heteroatoms. The standard InChI is InChI=1S/C14H16N4O4/c1-3-16-12(20)17(9(2)11(15)19)14(22)18(13(16)21)10-7-5-4-6-8-10/h4-9H,3H2,1-2H3,(H2,15,19)/t9-/m0/s1. The lowest BCUT2D eigenvalue weighted by Gasteiger charge is -2.15. The van der Waals surface area contributed by atoms with Crippen molar-refractivity contribution in [1.82, 2.24) is 13.7 Å². The van der Waals surface area contributed by atoms with Gasteiger partial charge in [-0.05, 0) is 26.0 Å². The average Bonchev–Trinajstić information content (AvgIpc) is 2.48. The third-order valence-corrected chi connectivity index (χ3v) is 3.39. The number of nitrogens with zero attached hydrogens (tertiary/aromatic N) is 3. The molecule has 2 rings (SSSR count). The summed E-state index contributed by atoms with van der Waals surface area (Å²) in [5, 5.41) is 0. The van der Waals surface area contributed by atoms with Gasteiger partial charge in [0.1, 0.15) is 6.04 Å². The largest absolute Gasteiger partial charge is 0.368 e. The van der Waals surface area contributed by atoms with Crippen LogP contribution >= 0.6 is 0 Å². The van der Waals surface area contributed by atoms with Crippen molar-refractivity contribution in [3.63, 3.8) is 0 Å². The Kier molecular flexibility index (Phi) is 4.11. The fourth-order valence-corrected chi connectivity index (χ4v) is 2.13. The Labute approximate surface area is 125 Å². The lowest BCUT2D eigenvalue weighted by atomic mass is 10.3. The van der Waals surface area contributed by atoms with Crippen LogP contribution in [0.1, 0.15) is 19.9 Å². The van der Waals surface area contributed by atoms with Crippen molar-refractivity contribution in [3.8, 4) is 5.69 Å². The SMILES string of the molecule is CCn1c(=O)n(-c2ccccc2)c(=O)n([C@@H](C)C(N)=O)c1=O. The maximum Gasteiger partial charge on any atom is 0.341 e. The summed E-state index contributed by atoms with van der Waals surface area (Å²) in [7, 11) is 0. The molecule has 0 bridgehead atoms. The summed E-state index contributed by atoms with van der Waals surface area (Å²) < 4.78 is 2.43. The molecule has 0 fully saturated rings. The number of amides is 1. The molecule has 0 aliphatic rings. The van der Waals surface area contributed by atoms with E-state index in [4.69, 9.17) is 5.73 Å². The number of nitrogens with two attached hydrogens (primary N) is 1. The van der Waals surface area contributed by atoms with Crippen LogP contribution in [0, 0.1) is 0 Å². The number of para-hydroxylation sites is 1. The van der Waals surface area contributed by atoms with E-state index >= 15 is 0 Å². The highest BCUT2D eigenvalue weighted by molar-refractivity contribution is 5.77. The van der Waals surface area contributed by atoms with Crippen LogP contribution in [0.4, 0.5) is 0 Å². The maximum atomic E-state index is 12.5. The smallest absolute Gasteiger partial charge is 0.341 e. The van der Waals surface area contributed by atoms with Crippen LogP contribution in [-0.4, -0.2) is 19.6 Å². The molecular weight excluding hydrogens is 288 g/mol. The molecule has 8 nitrogen and oxygen atoms in total. The van der Waals surface area contributed by atoms with E-state index < -0.39 is 29.0 Å². The molecule has 0 radical (unpaired) electrons. The zero-order chi connectivity index (χ0) is 16.4. The van der Waals surface area contributed by atoms with Crippen LogP contribution in [0.3, 0.4) is 0 Å². The Morgan fingerprint density at radius 2 is 1.68 bits per heavy atom. The van der Waals surface area contributed by atoms with Crippen LogP contribution in [0.2, 0.25) is 0 Å². The van der Waals surface area contributed by atoms with Gasteiger partial charge >= 0.3 is 17.1 Å². The first-order valence-electron chi connectivity index (χ1n) is 6.73. The topological polar surface area (TPSA) is 109 Å². The zero-order valence-electron chi connectivity index (χ0n) is 12.2. The number of carbonyl (C=O) groups excluding carboxylic acids is 1. The molecule has 1 aromatic heterocycles. The predicted octanol–water partition coefficient (Wildman–Crippen LogP) is -0.773. The molecule has 2 N–H and O–H groups in total. The summed E-state index contributed by atoms with van der Waals surface area (Å²) in [6.07, 6.45) is 0. The van der Waals surface area contributed by atoms with E-state index in [-0.39, 0.29) is 6.54 Å². The molecule has 0 saturated heterocycles. The Morgan fingerprint density at radius 1 is 1.09 bits per heavy atom. The molecule has 2 aromatic rings. The molecule has 0 unspecified atom stereocenters. The fraction of sp³-hybridized carbons (Fsp3) is 0.286. The first-order chi connectivity index (χ1) is 10.4. The Bertz CT molecular complexity index is 876. The summed E-state index contributed by atoms with van der Waals surface area (Å²) in [5.74, 6) is -0.833. The number of rotatable bonds is 4. The van der Waals surface area contributed by atoms with Gasteiger partial charge in [0.15, 0.2) is 0 Å². The molecule has 1 heterocycles. The van der Waals surface area contributed by atoms with Crippen LogP contribution in [0.25, 0.3) is 5.69 Å². The normalized spacial score (nSPS) is 12.1. The van der Waals surface area contributed by atoms with Gasteiger partial charge < -0.3 is 5.73 Å². The number of hydrogen-bond donors (Lipinski definition) is 1. The van der Waals surface area contributed by atoms with Crippen LogP contribution in [-0.2, 0) is 11.3 Å². The summed E-state index contributed by atoms with van der Waals surface area (Å²) in [6, 6.07) is 7.01. The summed E-state index contributed by atoms with van der Waals surface area (Å²) in [4.78, 5) is 48.6. The first-order valence-corrected chi connectivity index (χ1v) is 6.73. The van der Waals surface area contributed by atoms with E-state index in [0.717, 1.165) is 9.13 Å². The number of benzene rings is 1. The van der Waals surface area contributed by atoms with Crippen molar-refractivity contribution < 1.29 is 4.79 Å². The second-order valence-electron chi connectivity index (χ2n) is 4.71. The second kappa shape index (κ2) is 5.84. The van der Waals surface area contributed by atoms with Crippen molar-refractivity contribution in [2.24, 2.45) is 5.73 Å². The van der Waals surface area contributed by atoms with Gasteiger partial charge in [0.25, 0.3) is 0 Å².